The van der Waals surface area contributed by atoms with Crippen molar-refractivity contribution in [1.29, 1.82) is 0 Å². The van der Waals surface area contributed by atoms with Crippen molar-refractivity contribution in [2.75, 3.05) is 0 Å². The van der Waals surface area contributed by atoms with Gasteiger partial charge in [-0.1, -0.05) is 15.1 Å². The van der Waals surface area contributed by atoms with E-state index in [9.17, 15) is 0 Å². The van der Waals surface area contributed by atoms with Gasteiger partial charge in [-0.05, 0) is 25.6 Å². The molecule has 0 saturated carbocycles. The highest BCUT2D eigenvalue weighted by Crippen LogP contribution is 2.31. The average Bonchev–Trinajstić information content (AvgIpc) is 2.10. The SMILES string of the molecule is CCc1pc(C)sc1C. The van der Waals surface area contributed by atoms with E-state index in [1.165, 1.54) is 24.1 Å². The normalized spacial score (nSPS) is 11.0. The maximum atomic E-state index is 2.23. The number of hydrogen-bond acceptors (Lipinski definition) is 1. The Hall–Kier alpha value is 0.130. The summed E-state index contributed by atoms with van der Waals surface area (Å²) in [5, 5.41) is 1.61. The van der Waals surface area contributed by atoms with Crippen molar-refractivity contribution in [3.63, 3.8) is 0 Å². The van der Waals surface area contributed by atoms with Crippen LogP contribution in [0.15, 0.2) is 0 Å². The molecule has 0 atom stereocenters. The van der Waals surface area contributed by atoms with Crippen LogP contribution in [0, 0.1) is 13.8 Å². The summed E-state index contributed by atoms with van der Waals surface area (Å²) in [6.07, 6.45) is 1.22. The quantitative estimate of drug-likeness (QED) is 0.586. The van der Waals surface area contributed by atoms with Crippen LogP contribution >= 0.6 is 19.5 Å². The van der Waals surface area contributed by atoms with Crippen LogP contribution in [0.4, 0.5) is 0 Å². The Morgan fingerprint density at radius 3 is 2.33 bits per heavy atom. The fraction of sp³-hybridized carbons (Fsp3) is 0.571. The lowest BCUT2D eigenvalue weighted by atomic mass is 10.4. The fourth-order valence-electron chi connectivity index (χ4n) is 0.900. The fourth-order valence-corrected chi connectivity index (χ4v) is 3.50. The third-order valence-corrected chi connectivity index (χ3v) is 4.12. The van der Waals surface area contributed by atoms with Crippen LogP contribution in [0.3, 0.4) is 0 Å². The molecule has 9 heavy (non-hydrogen) atoms. The summed E-state index contributed by atoms with van der Waals surface area (Å²) >= 11 is 1.94. The minimum atomic E-state index is 1.22. The first-order valence-corrected chi connectivity index (χ1v) is 4.88. The second-order valence-corrected chi connectivity index (χ2v) is 5.26. The van der Waals surface area contributed by atoms with Crippen molar-refractivity contribution in [3.8, 4) is 0 Å². The summed E-state index contributed by atoms with van der Waals surface area (Å²) in [5.74, 6) is 0. The van der Waals surface area contributed by atoms with E-state index >= 15 is 0 Å². The molecule has 0 nitrogen and oxygen atoms in total. The van der Waals surface area contributed by atoms with Gasteiger partial charge in [0.25, 0.3) is 0 Å². The lowest BCUT2D eigenvalue weighted by Gasteiger charge is -1.86. The number of rotatable bonds is 1. The molecule has 1 heterocycles. The molecule has 0 fully saturated rings. The third kappa shape index (κ3) is 1.53. The number of aryl methyl sites for hydroxylation is 3. The second kappa shape index (κ2) is 2.81. The Balaban J connectivity index is 3.01. The molecule has 0 saturated heterocycles. The summed E-state index contributed by atoms with van der Waals surface area (Å²) in [7, 11) is 1.47. The van der Waals surface area contributed by atoms with Crippen molar-refractivity contribution in [1.82, 2.24) is 0 Å². The highest BCUT2D eigenvalue weighted by molar-refractivity contribution is 7.43. The molecule has 0 N–H and O–H groups in total. The van der Waals surface area contributed by atoms with Crippen LogP contribution < -0.4 is 0 Å². The van der Waals surface area contributed by atoms with E-state index in [2.05, 4.69) is 20.8 Å². The van der Waals surface area contributed by atoms with Gasteiger partial charge >= 0.3 is 0 Å². The topological polar surface area (TPSA) is 0 Å². The van der Waals surface area contributed by atoms with Crippen LogP contribution in [0.1, 0.15) is 21.7 Å². The van der Waals surface area contributed by atoms with E-state index < -0.39 is 0 Å². The summed E-state index contributed by atoms with van der Waals surface area (Å²) in [5.41, 5.74) is 0. The van der Waals surface area contributed by atoms with E-state index in [0.29, 0.717) is 0 Å². The molecule has 1 aromatic rings. The molecular weight excluding hydrogens is 147 g/mol. The second-order valence-electron chi connectivity index (χ2n) is 2.09. The molecule has 2 heteroatoms. The van der Waals surface area contributed by atoms with E-state index in [-0.39, 0.29) is 0 Å². The van der Waals surface area contributed by atoms with Crippen LogP contribution in [-0.4, -0.2) is 0 Å². The van der Waals surface area contributed by atoms with Crippen molar-refractivity contribution < 1.29 is 0 Å². The molecule has 1 aromatic heterocycles. The molecule has 1 rings (SSSR count). The van der Waals surface area contributed by atoms with Gasteiger partial charge in [0, 0.05) is 9.49 Å². The largest absolute Gasteiger partial charge is 0.140 e. The van der Waals surface area contributed by atoms with Crippen LogP contribution in [-0.2, 0) is 6.42 Å². The summed E-state index contributed by atoms with van der Waals surface area (Å²) < 4.78 is 1.53. The summed E-state index contributed by atoms with van der Waals surface area (Å²) in [6.45, 7) is 6.65. The molecular formula is C7H11PS. The molecule has 0 bridgehead atoms. The summed E-state index contributed by atoms with van der Waals surface area (Å²) in [6, 6.07) is 0. The molecule has 50 valence electrons. The van der Waals surface area contributed by atoms with Gasteiger partial charge in [-0.3, -0.25) is 0 Å². The third-order valence-electron chi connectivity index (χ3n) is 1.33. The molecule has 0 amide bonds. The smallest absolute Gasteiger partial charge is 0.0291 e. The van der Waals surface area contributed by atoms with Gasteiger partial charge in [-0.2, -0.15) is 0 Å². The highest BCUT2D eigenvalue weighted by Gasteiger charge is 1.98. The van der Waals surface area contributed by atoms with Gasteiger partial charge in [0.15, 0.2) is 0 Å². The molecule has 0 aliphatic heterocycles. The maximum absolute atomic E-state index is 2.23. The molecule has 0 radical (unpaired) electrons. The van der Waals surface area contributed by atoms with Gasteiger partial charge in [0.1, 0.15) is 0 Å². The van der Waals surface area contributed by atoms with Crippen molar-refractivity contribution in [2.45, 2.75) is 27.2 Å². The van der Waals surface area contributed by atoms with E-state index in [4.69, 9.17) is 0 Å². The van der Waals surface area contributed by atoms with Crippen LogP contribution in [0.2, 0.25) is 0 Å². The van der Waals surface area contributed by atoms with E-state index in [1.807, 2.05) is 11.3 Å². The highest BCUT2D eigenvalue weighted by atomic mass is 32.1. The maximum Gasteiger partial charge on any atom is 0.0291 e. The predicted molar refractivity (Wildman–Crippen MR) is 45.7 cm³/mol. The minimum absolute atomic E-state index is 1.22. The standard InChI is InChI=1S/C7H11PS/c1-4-7-5(2)9-6(3)8-7/h4H2,1-3H3. The minimum Gasteiger partial charge on any atom is -0.140 e. The van der Waals surface area contributed by atoms with Gasteiger partial charge in [0.2, 0.25) is 0 Å². The first-order valence-electron chi connectivity index (χ1n) is 3.17. The van der Waals surface area contributed by atoms with Gasteiger partial charge in [-0.25, -0.2) is 0 Å². The number of hydrogen-bond donors (Lipinski definition) is 0. The van der Waals surface area contributed by atoms with Gasteiger partial charge < -0.3 is 0 Å². The van der Waals surface area contributed by atoms with Gasteiger partial charge in [0.05, 0.1) is 0 Å². The Morgan fingerprint density at radius 2 is 2.11 bits per heavy atom. The molecule has 0 spiro atoms. The Bertz CT molecular complexity index is 203. The monoisotopic (exact) mass is 158 g/mol. The molecule has 0 aromatic carbocycles. The van der Waals surface area contributed by atoms with Crippen LogP contribution in [0.5, 0.6) is 0 Å². The summed E-state index contributed by atoms with van der Waals surface area (Å²) in [4.78, 5) is 1.52. The molecule has 0 aliphatic carbocycles. The van der Waals surface area contributed by atoms with Gasteiger partial charge in [-0.15, -0.1) is 11.3 Å². The Labute approximate surface area is 62.0 Å². The van der Waals surface area contributed by atoms with E-state index in [0.717, 1.165) is 0 Å². The van der Waals surface area contributed by atoms with Crippen molar-refractivity contribution >= 4 is 19.5 Å². The Kier molecular flexibility index (Phi) is 2.26. The van der Waals surface area contributed by atoms with Crippen molar-refractivity contribution in [2.24, 2.45) is 0 Å². The molecule has 0 aliphatic rings. The first kappa shape index (κ1) is 7.24. The molecule has 0 unspecified atom stereocenters. The lowest BCUT2D eigenvalue weighted by molar-refractivity contribution is 1.17. The zero-order valence-electron chi connectivity index (χ0n) is 6.06. The van der Waals surface area contributed by atoms with Crippen LogP contribution in [0.25, 0.3) is 0 Å². The van der Waals surface area contributed by atoms with Crippen molar-refractivity contribution in [3.05, 3.63) is 14.8 Å². The Morgan fingerprint density at radius 1 is 1.44 bits per heavy atom. The average molecular weight is 158 g/mol. The zero-order valence-corrected chi connectivity index (χ0v) is 7.77. The predicted octanol–water partition coefficient (Wildman–Crippen LogP) is 3.51. The lowest BCUT2D eigenvalue weighted by Crippen LogP contribution is -1.70. The zero-order chi connectivity index (χ0) is 6.85. The first-order chi connectivity index (χ1) is 4.24. The van der Waals surface area contributed by atoms with E-state index in [1.54, 1.807) is 5.30 Å².